The zero-order chi connectivity index (χ0) is 25.0. The van der Waals surface area contributed by atoms with Gasteiger partial charge in [-0.15, -0.1) is 0 Å². The van der Waals surface area contributed by atoms with Crippen molar-refractivity contribution in [3.05, 3.63) is 47.0 Å². The number of aromatic nitrogens is 2. The number of fused-ring (bicyclic) bond motifs is 3. The highest BCUT2D eigenvalue weighted by Crippen LogP contribution is 2.48. The molecule has 11 heteroatoms. The van der Waals surface area contributed by atoms with Crippen molar-refractivity contribution in [2.45, 2.75) is 69.6 Å². The van der Waals surface area contributed by atoms with Crippen LogP contribution in [0.4, 0.5) is 27.6 Å². The highest BCUT2D eigenvalue weighted by molar-refractivity contribution is 6.10. The monoisotopic (exact) mass is 496 g/mol. The molecule has 6 nitrogen and oxygen atoms in total. The Balaban J connectivity index is 1.43. The van der Waals surface area contributed by atoms with E-state index in [9.17, 15) is 31.5 Å². The normalized spacial score (nSPS) is 18.7. The molecule has 1 fully saturated rings. The lowest BCUT2D eigenvalue weighted by Gasteiger charge is -2.46. The van der Waals surface area contributed by atoms with Crippen molar-refractivity contribution in [2.75, 3.05) is 18.0 Å². The van der Waals surface area contributed by atoms with Crippen molar-refractivity contribution in [1.29, 1.82) is 0 Å². The molecule has 1 aromatic heterocycles. The van der Waals surface area contributed by atoms with Crippen molar-refractivity contribution in [3.63, 3.8) is 0 Å². The molecule has 1 aliphatic carbocycles. The minimum atomic E-state index is -4.25. The predicted molar refractivity (Wildman–Crippen MR) is 116 cm³/mol. The minimum Gasteiger partial charge on any atom is -0.335 e. The number of alkyl halides is 5. The summed E-state index contributed by atoms with van der Waals surface area (Å²) in [5.74, 6) is -1.08. The van der Waals surface area contributed by atoms with Crippen LogP contribution in [0.1, 0.15) is 48.5 Å². The standard InChI is InChI=1S/C24H25F5N4O2/c25-20(26)21(34)31-13-23(14-31)15-6-1-3-8-17(15)33(22(23)35)12-19-30-16-7-2-4-9-18(16)32(19)11-5-10-24(27,28)29/h1,3,6,8,20H,2,4-5,7,9-14H2. The Morgan fingerprint density at radius 1 is 1.11 bits per heavy atom. The van der Waals surface area contributed by atoms with E-state index in [2.05, 4.69) is 0 Å². The first-order valence-electron chi connectivity index (χ1n) is 11.7. The van der Waals surface area contributed by atoms with E-state index >= 15 is 0 Å². The SMILES string of the molecule is O=C(C(F)F)N1CC2(C1)C(=O)N(Cc1nc3c(n1CCCC(F)(F)F)CCCC3)c1ccccc12. The van der Waals surface area contributed by atoms with Crippen LogP contribution in [0, 0.1) is 0 Å². The fourth-order valence-electron chi connectivity index (χ4n) is 5.58. The third-order valence-electron chi connectivity index (χ3n) is 7.24. The number of anilines is 1. The van der Waals surface area contributed by atoms with Crippen LogP contribution in [-0.4, -0.2) is 52.0 Å². The summed E-state index contributed by atoms with van der Waals surface area (Å²) in [5, 5.41) is 0. The van der Waals surface area contributed by atoms with Gasteiger partial charge in [0.05, 0.1) is 12.2 Å². The largest absolute Gasteiger partial charge is 0.389 e. The zero-order valence-corrected chi connectivity index (χ0v) is 19.0. The average molecular weight is 496 g/mol. The number of likely N-dealkylation sites (tertiary alicyclic amines) is 1. The van der Waals surface area contributed by atoms with Gasteiger partial charge in [-0.2, -0.15) is 22.0 Å². The second-order valence-corrected chi connectivity index (χ2v) is 9.48. The van der Waals surface area contributed by atoms with E-state index in [0.29, 0.717) is 17.1 Å². The topological polar surface area (TPSA) is 58.4 Å². The average Bonchev–Trinajstić information content (AvgIpc) is 3.25. The number of amides is 2. The molecule has 5 rings (SSSR count). The van der Waals surface area contributed by atoms with Crippen molar-refractivity contribution in [1.82, 2.24) is 14.5 Å². The predicted octanol–water partition coefficient (Wildman–Crippen LogP) is 4.00. The number of aryl methyl sites for hydroxylation is 1. The second-order valence-electron chi connectivity index (χ2n) is 9.48. The zero-order valence-electron chi connectivity index (χ0n) is 19.0. The second kappa shape index (κ2) is 8.60. The van der Waals surface area contributed by atoms with Crippen LogP contribution < -0.4 is 4.90 Å². The molecular weight excluding hydrogens is 471 g/mol. The first-order valence-corrected chi connectivity index (χ1v) is 11.7. The van der Waals surface area contributed by atoms with Gasteiger partial charge in [0.15, 0.2) is 0 Å². The number of nitrogens with zero attached hydrogens (tertiary/aromatic N) is 4. The van der Waals surface area contributed by atoms with Crippen LogP contribution in [0.3, 0.4) is 0 Å². The summed E-state index contributed by atoms with van der Waals surface area (Å²) in [5.41, 5.74) is 1.99. The molecule has 3 heterocycles. The van der Waals surface area contributed by atoms with E-state index in [1.807, 2.05) is 4.57 Å². The smallest absolute Gasteiger partial charge is 0.335 e. The van der Waals surface area contributed by atoms with E-state index in [0.717, 1.165) is 42.0 Å². The number of para-hydroxylation sites is 1. The third kappa shape index (κ3) is 4.08. The van der Waals surface area contributed by atoms with Crippen LogP contribution in [0.25, 0.3) is 0 Å². The van der Waals surface area contributed by atoms with Gasteiger partial charge in [0.1, 0.15) is 11.2 Å². The van der Waals surface area contributed by atoms with Gasteiger partial charge in [0, 0.05) is 37.4 Å². The van der Waals surface area contributed by atoms with E-state index in [1.54, 1.807) is 24.3 Å². The maximum atomic E-state index is 13.6. The Labute approximate surface area is 198 Å². The molecule has 0 radical (unpaired) electrons. The quantitative estimate of drug-likeness (QED) is 0.569. The Morgan fingerprint density at radius 3 is 2.54 bits per heavy atom. The summed E-state index contributed by atoms with van der Waals surface area (Å²) in [6.45, 7) is -0.0276. The Morgan fingerprint density at radius 2 is 1.83 bits per heavy atom. The highest BCUT2D eigenvalue weighted by atomic mass is 19.4. The van der Waals surface area contributed by atoms with Gasteiger partial charge in [-0.25, -0.2) is 4.98 Å². The summed E-state index contributed by atoms with van der Waals surface area (Å²) < 4.78 is 66.0. The van der Waals surface area contributed by atoms with Gasteiger partial charge in [-0.05, 0) is 43.7 Å². The van der Waals surface area contributed by atoms with Crippen LogP contribution in [0.5, 0.6) is 0 Å². The molecule has 3 aliphatic rings. The van der Waals surface area contributed by atoms with Crippen LogP contribution in [0.15, 0.2) is 24.3 Å². The van der Waals surface area contributed by atoms with Crippen LogP contribution in [0.2, 0.25) is 0 Å². The molecule has 1 spiro atoms. The molecule has 0 unspecified atom stereocenters. The van der Waals surface area contributed by atoms with Gasteiger partial charge in [0.25, 0.3) is 5.91 Å². The lowest BCUT2D eigenvalue weighted by Crippen LogP contribution is -2.66. The van der Waals surface area contributed by atoms with E-state index in [-0.39, 0.29) is 38.5 Å². The minimum absolute atomic E-state index is 0.0689. The molecule has 1 aromatic carbocycles. The molecule has 2 aliphatic heterocycles. The van der Waals surface area contributed by atoms with Crippen LogP contribution in [-0.2, 0) is 40.9 Å². The van der Waals surface area contributed by atoms with Gasteiger partial charge in [-0.1, -0.05) is 18.2 Å². The number of carbonyl (C=O) groups excluding carboxylic acids is 2. The number of rotatable bonds is 6. The van der Waals surface area contributed by atoms with E-state index < -0.39 is 30.3 Å². The molecule has 0 N–H and O–H groups in total. The van der Waals surface area contributed by atoms with Gasteiger partial charge in [0.2, 0.25) is 5.91 Å². The first-order chi connectivity index (χ1) is 16.6. The molecule has 0 atom stereocenters. The Bertz CT molecular complexity index is 1150. The van der Waals surface area contributed by atoms with Crippen molar-refractivity contribution in [2.24, 2.45) is 0 Å². The highest BCUT2D eigenvalue weighted by Gasteiger charge is 2.59. The van der Waals surface area contributed by atoms with Crippen LogP contribution >= 0.6 is 0 Å². The number of halogens is 5. The molecule has 2 amide bonds. The number of benzene rings is 1. The lowest BCUT2D eigenvalue weighted by molar-refractivity contribution is -0.153. The van der Waals surface area contributed by atoms with E-state index in [4.69, 9.17) is 4.98 Å². The molecule has 188 valence electrons. The van der Waals surface area contributed by atoms with Crippen molar-refractivity contribution < 1.29 is 31.5 Å². The van der Waals surface area contributed by atoms with Gasteiger partial charge >= 0.3 is 12.6 Å². The maximum absolute atomic E-state index is 13.6. The number of imidazole rings is 1. The van der Waals surface area contributed by atoms with E-state index in [1.165, 1.54) is 4.90 Å². The third-order valence-corrected chi connectivity index (χ3v) is 7.24. The molecule has 0 bridgehead atoms. The number of hydrogen-bond acceptors (Lipinski definition) is 3. The summed E-state index contributed by atoms with van der Waals surface area (Å²) in [6, 6.07) is 7.04. The summed E-state index contributed by atoms with van der Waals surface area (Å²) in [4.78, 5) is 32.6. The lowest BCUT2D eigenvalue weighted by atomic mass is 9.74. The summed E-state index contributed by atoms with van der Waals surface area (Å²) in [6.07, 6.45) is -5.01. The fraction of sp³-hybridized carbons (Fsp3) is 0.542. The first kappa shape index (κ1) is 23.7. The molecule has 35 heavy (non-hydrogen) atoms. The Hall–Kier alpha value is -2.98. The van der Waals surface area contributed by atoms with Crippen molar-refractivity contribution >= 4 is 17.5 Å². The Kier molecular flexibility index (Phi) is 5.83. The molecular formula is C24H25F5N4O2. The number of hydrogen-bond donors (Lipinski definition) is 0. The molecule has 2 aromatic rings. The molecule has 1 saturated heterocycles. The summed E-state index contributed by atoms with van der Waals surface area (Å²) >= 11 is 0. The van der Waals surface area contributed by atoms with Gasteiger partial charge in [-0.3, -0.25) is 9.59 Å². The molecule has 0 saturated carbocycles. The fourth-order valence-corrected chi connectivity index (χ4v) is 5.58. The maximum Gasteiger partial charge on any atom is 0.389 e. The van der Waals surface area contributed by atoms with Crippen molar-refractivity contribution in [3.8, 4) is 0 Å². The summed E-state index contributed by atoms with van der Waals surface area (Å²) in [7, 11) is 0. The van der Waals surface area contributed by atoms with Gasteiger partial charge < -0.3 is 14.4 Å². The number of carbonyl (C=O) groups is 2.